The van der Waals surface area contributed by atoms with Crippen molar-refractivity contribution in [3.63, 3.8) is 0 Å². The lowest BCUT2D eigenvalue weighted by Crippen LogP contribution is -2.24. The van der Waals surface area contributed by atoms with Gasteiger partial charge in [0, 0.05) is 6.20 Å². The molecule has 19 heavy (non-hydrogen) atoms. The zero-order chi connectivity index (χ0) is 14.1. The summed E-state index contributed by atoms with van der Waals surface area (Å²) in [4.78, 5) is 4.47. The molecule has 3 heteroatoms. The second-order valence-electron chi connectivity index (χ2n) is 5.13. The van der Waals surface area contributed by atoms with Gasteiger partial charge in [0.05, 0.1) is 16.8 Å². The van der Waals surface area contributed by atoms with Crippen molar-refractivity contribution in [1.29, 1.82) is 0 Å². The summed E-state index contributed by atoms with van der Waals surface area (Å²) in [5.41, 5.74) is 1.00. The molecular formula is C16H27ClN2. The van der Waals surface area contributed by atoms with Crippen molar-refractivity contribution in [2.75, 3.05) is 6.54 Å². The first-order valence-electron chi connectivity index (χ1n) is 7.56. The molecule has 108 valence electrons. The summed E-state index contributed by atoms with van der Waals surface area (Å²) in [7, 11) is 0. The molecule has 2 unspecified atom stereocenters. The Hall–Kier alpha value is -0.600. The number of aromatic nitrogens is 1. The summed E-state index contributed by atoms with van der Waals surface area (Å²) in [6.07, 6.45) is 8.07. The van der Waals surface area contributed by atoms with Gasteiger partial charge in [-0.2, -0.15) is 0 Å². The summed E-state index contributed by atoms with van der Waals surface area (Å²) in [6, 6.07) is 4.10. The van der Waals surface area contributed by atoms with Crippen LogP contribution >= 0.6 is 11.6 Å². The zero-order valence-corrected chi connectivity index (χ0v) is 13.2. The molecule has 0 aliphatic carbocycles. The molecule has 0 fully saturated rings. The molecule has 0 bridgehead atoms. The van der Waals surface area contributed by atoms with Crippen LogP contribution in [0.5, 0.6) is 0 Å². The van der Waals surface area contributed by atoms with Crippen molar-refractivity contribution < 1.29 is 0 Å². The van der Waals surface area contributed by atoms with E-state index in [9.17, 15) is 0 Å². The molecule has 1 heterocycles. The van der Waals surface area contributed by atoms with Crippen molar-refractivity contribution in [3.05, 3.63) is 29.0 Å². The predicted molar refractivity (Wildman–Crippen MR) is 83.6 cm³/mol. The van der Waals surface area contributed by atoms with Crippen LogP contribution < -0.4 is 5.32 Å². The van der Waals surface area contributed by atoms with Crippen LogP contribution in [0.4, 0.5) is 0 Å². The molecule has 0 radical (unpaired) electrons. The van der Waals surface area contributed by atoms with E-state index in [1.807, 2.05) is 18.3 Å². The smallest absolute Gasteiger partial charge is 0.0759 e. The molecule has 2 atom stereocenters. The third kappa shape index (κ3) is 5.50. The minimum atomic E-state index is 0.278. The first-order valence-corrected chi connectivity index (χ1v) is 7.94. The van der Waals surface area contributed by atoms with Gasteiger partial charge >= 0.3 is 0 Å². The number of hydrogen-bond donors (Lipinski definition) is 1. The molecule has 0 spiro atoms. The van der Waals surface area contributed by atoms with Crippen LogP contribution in [0.15, 0.2) is 18.3 Å². The van der Waals surface area contributed by atoms with Crippen molar-refractivity contribution in [1.82, 2.24) is 10.3 Å². The minimum Gasteiger partial charge on any atom is -0.309 e. The van der Waals surface area contributed by atoms with Crippen LogP contribution in [0.25, 0.3) is 0 Å². The summed E-state index contributed by atoms with van der Waals surface area (Å²) < 4.78 is 0. The topological polar surface area (TPSA) is 24.9 Å². The van der Waals surface area contributed by atoms with Crippen molar-refractivity contribution in [3.8, 4) is 0 Å². The van der Waals surface area contributed by atoms with E-state index in [2.05, 4.69) is 31.1 Å². The van der Waals surface area contributed by atoms with Gasteiger partial charge in [0.2, 0.25) is 0 Å². The monoisotopic (exact) mass is 282 g/mol. The standard InChI is InChI=1S/C16H27ClN2/c1-4-7-9-13(5-2)12-15(18-6-3)16-14(17)10-8-11-19-16/h8,10-11,13,15,18H,4-7,9,12H2,1-3H3. The number of hydrogen-bond acceptors (Lipinski definition) is 2. The highest BCUT2D eigenvalue weighted by Gasteiger charge is 2.19. The number of halogens is 1. The second kappa shape index (κ2) is 9.33. The molecule has 0 amide bonds. The molecule has 1 aromatic rings. The van der Waals surface area contributed by atoms with Gasteiger partial charge in [0.25, 0.3) is 0 Å². The van der Waals surface area contributed by atoms with Crippen LogP contribution in [0, 0.1) is 5.92 Å². The first-order chi connectivity index (χ1) is 9.22. The third-order valence-corrected chi connectivity index (χ3v) is 4.00. The Labute approximate surface area is 123 Å². The molecule has 1 rings (SSSR count). The molecule has 0 aromatic carbocycles. The minimum absolute atomic E-state index is 0.278. The summed E-state index contributed by atoms with van der Waals surface area (Å²) in [6.45, 7) is 7.62. The Morgan fingerprint density at radius 2 is 2.11 bits per heavy atom. The van der Waals surface area contributed by atoms with Crippen LogP contribution in [0.1, 0.15) is 64.6 Å². The Morgan fingerprint density at radius 3 is 2.68 bits per heavy atom. The van der Waals surface area contributed by atoms with Crippen molar-refractivity contribution in [2.24, 2.45) is 5.92 Å². The molecule has 2 nitrogen and oxygen atoms in total. The Bertz CT molecular complexity index is 354. The van der Waals surface area contributed by atoms with E-state index in [1.54, 1.807) is 0 Å². The third-order valence-electron chi connectivity index (χ3n) is 3.68. The highest BCUT2D eigenvalue weighted by molar-refractivity contribution is 6.31. The fraction of sp³-hybridized carbons (Fsp3) is 0.688. The lowest BCUT2D eigenvalue weighted by molar-refractivity contribution is 0.353. The Kier molecular flexibility index (Phi) is 8.08. The van der Waals surface area contributed by atoms with E-state index in [-0.39, 0.29) is 6.04 Å². The lowest BCUT2D eigenvalue weighted by atomic mass is 9.90. The predicted octanol–water partition coefficient (Wildman–Crippen LogP) is 4.99. The van der Waals surface area contributed by atoms with Crippen LogP contribution in [-0.4, -0.2) is 11.5 Å². The molecule has 0 aliphatic rings. The Balaban J connectivity index is 2.74. The van der Waals surface area contributed by atoms with Crippen LogP contribution in [0.2, 0.25) is 5.02 Å². The quantitative estimate of drug-likeness (QED) is 0.690. The van der Waals surface area contributed by atoms with Gasteiger partial charge in [0.15, 0.2) is 0 Å². The maximum absolute atomic E-state index is 6.28. The molecule has 1 aromatic heterocycles. The zero-order valence-electron chi connectivity index (χ0n) is 12.5. The molecule has 1 N–H and O–H groups in total. The Morgan fingerprint density at radius 1 is 1.32 bits per heavy atom. The second-order valence-corrected chi connectivity index (χ2v) is 5.54. The van der Waals surface area contributed by atoms with E-state index >= 15 is 0 Å². The highest BCUT2D eigenvalue weighted by atomic mass is 35.5. The van der Waals surface area contributed by atoms with Crippen molar-refractivity contribution in [2.45, 2.75) is 58.9 Å². The number of nitrogens with one attached hydrogen (secondary N) is 1. The number of rotatable bonds is 9. The summed E-state index contributed by atoms with van der Waals surface area (Å²) >= 11 is 6.28. The van der Waals surface area contributed by atoms with Gasteiger partial charge in [-0.1, -0.05) is 58.1 Å². The van der Waals surface area contributed by atoms with Gasteiger partial charge in [-0.3, -0.25) is 4.98 Å². The fourth-order valence-corrected chi connectivity index (χ4v) is 2.76. The van der Waals surface area contributed by atoms with E-state index in [4.69, 9.17) is 11.6 Å². The average molecular weight is 283 g/mol. The molecular weight excluding hydrogens is 256 g/mol. The van der Waals surface area contributed by atoms with Crippen LogP contribution in [-0.2, 0) is 0 Å². The fourth-order valence-electron chi connectivity index (χ4n) is 2.51. The molecule has 0 saturated carbocycles. The van der Waals surface area contributed by atoms with E-state index < -0.39 is 0 Å². The number of unbranched alkanes of at least 4 members (excludes halogenated alkanes) is 1. The molecule has 0 saturated heterocycles. The van der Waals surface area contributed by atoms with Gasteiger partial charge < -0.3 is 5.32 Å². The maximum Gasteiger partial charge on any atom is 0.0759 e. The SMILES string of the molecule is CCCCC(CC)CC(NCC)c1ncccc1Cl. The number of pyridine rings is 1. The largest absolute Gasteiger partial charge is 0.309 e. The maximum atomic E-state index is 6.28. The number of nitrogens with zero attached hydrogens (tertiary/aromatic N) is 1. The van der Waals surface area contributed by atoms with Gasteiger partial charge in [0.1, 0.15) is 0 Å². The first kappa shape index (κ1) is 16.5. The normalized spacial score (nSPS) is 14.3. The van der Waals surface area contributed by atoms with Crippen molar-refractivity contribution >= 4 is 11.6 Å². The van der Waals surface area contributed by atoms with E-state index in [0.717, 1.165) is 29.6 Å². The van der Waals surface area contributed by atoms with Gasteiger partial charge in [-0.05, 0) is 31.0 Å². The highest BCUT2D eigenvalue weighted by Crippen LogP contribution is 2.29. The van der Waals surface area contributed by atoms with Gasteiger partial charge in [-0.25, -0.2) is 0 Å². The van der Waals surface area contributed by atoms with Crippen LogP contribution in [0.3, 0.4) is 0 Å². The average Bonchev–Trinajstić information content (AvgIpc) is 2.43. The van der Waals surface area contributed by atoms with E-state index in [1.165, 1.54) is 25.7 Å². The lowest BCUT2D eigenvalue weighted by Gasteiger charge is -2.23. The summed E-state index contributed by atoms with van der Waals surface area (Å²) in [5.74, 6) is 0.752. The van der Waals surface area contributed by atoms with Gasteiger partial charge in [-0.15, -0.1) is 0 Å². The van der Waals surface area contributed by atoms with E-state index in [0.29, 0.717) is 0 Å². The molecule has 0 aliphatic heterocycles. The summed E-state index contributed by atoms with van der Waals surface area (Å²) in [5, 5.41) is 4.31.